The summed E-state index contributed by atoms with van der Waals surface area (Å²) in [5.74, 6) is 1.93. The molecule has 5 nitrogen and oxygen atoms in total. The van der Waals surface area contributed by atoms with Gasteiger partial charge in [0.05, 0.1) is 12.6 Å². The number of benzene rings is 2. The van der Waals surface area contributed by atoms with E-state index in [1.54, 1.807) is 0 Å². The number of carbonyl (C=O) groups is 1. The molecular weight excluding hydrogens is 306 g/mol. The summed E-state index contributed by atoms with van der Waals surface area (Å²) < 4.78 is 17.3. The summed E-state index contributed by atoms with van der Waals surface area (Å²) >= 11 is 0. The number of rotatable bonds is 2. The first kappa shape index (κ1) is 14.9. The van der Waals surface area contributed by atoms with E-state index in [0.717, 1.165) is 17.7 Å². The maximum atomic E-state index is 12.7. The first-order valence-electron chi connectivity index (χ1n) is 8.17. The van der Waals surface area contributed by atoms with Gasteiger partial charge in [-0.2, -0.15) is 0 Å². The van der Waals surface area contributed by atoms with Crippen molar-refractivity contribution in [3.8, 4) is 17.2 Å². The fourth-order valence-corrected chi connectivity index (χ4v) is 3.15. The lowest BCUT2D eigenvalue weighted by atomic mass is 10.00. The molecule has 124 valence electrons. The van der Waals surface area contributed by atoms with E-state index in [9.17, 15) is 4.79 Å². The lowest BCUT2D eigenvalue weighted by Crippen LogP contribution is -2.50. The average molecular weight is 325 g/mol. The number of hydrogen-bond donors (Lipinski definition) is 1. The van der Waals surface area contributed by atoms with Crippen LogP contribution in [0.2, 0.25) is 0 Å². The van der Waals surface area contributed by atoms with E-state index in [1.165, 1.54) is 0 Å². The molecule has 0 aromatic heterocycles. The van der Waals surface area contributed by atoms with E-state index in [-0.39, 0.29) is 18.1 Å². The average Bonchev–Trinajstić information content (AvgIpc) is 2.61. The molecule has 1 amide bonds. The van der Waals surface area contributed by atoms with Crippen molar-refractivity contribution >= 4 is 5.91 Å². The van der Waals surface area contributed by atoms with Crippen molar-refractivity contribution in [2.75, 3.05) is 6.61 Å². The first-order chi connectivity index (χ1) is 11.7. The van der Waals surface area contributed by atoms with Crippen molar-refractivity contribution in [2.45, 2.75) is 31.6 Å². The molecule has 2 aromatic carbocycles. The van der Waals surface area contributed by atoms with Crippen LogP contribution in [0.5, 0.6) is 17.2 Å². The van der Waals surface area contributed by atoms with E-state index in [2.05, 4.69) is 5.32 Å². The maximum absolute atomic E-state index is 12.7. The van der Waals surface area contributed by atoms with Gasteiger partial charge in [-0.25, -0.2) is 0 Å². The van der Waals surface area contributed by atoms with E-state index < -0.39 is 6.10 Å². The Morgan fingerprint density at radius 2 is 1.67 bits per heavy atom. The molecular formula is C19H19NO4. The number of hydrogen-bond acceptors (Lipinski definition) is 4. The highest BCUT2D eigenvalue weighted by Crippen LogP contribution is 2.35. The van der Waals surface area contributed by atoms with Crippen LogP contribution in [-0.4, -0.2) is 24.7 Å². The molecule has 24 heavy (non-hydrogen) atoms. The first-order valence-corrected chi connectivity index (χ1v) is 8.17. The Morgan fingerprint density at radius 3 is 2.46 bits per heavy atom. The van der Waals surface area contributed by atoms with Crippen LogP contribution in [0.1, 0.15) is 24.9 Å². The number of amides is 1. The molecule has 0 saturated heterocycles. The SMILES string of the molecule is C[C@@H]1Oc2ccccc2O[C@@H]1C(=O)N[C@H]1CCOc2ccccc21. The van der Waals surface area contributed by atoms with Crippen LogP contribution in [0.3, 0.4) is 0 Å². The molecule has 0 spiro atoms. The van der Waals surface area contributed by atoms with Gasteiger partial charge in [-0.05, 0) is 25.1 Å². The summed E-state index contributed by atoms with van der Waals surface area (Å²) in [7, 11) is 0. The normalized spacial score (nSPS) is 24.5. The van der Waals surface area contributed by atoms with E-state index in [4.69, 9.17) is 14.2 Å². The summed E-state index contributed by atoms with van der Waals surface area (Å²) in [4.78, 5) is 12.7. The van der Waals surface area contributed by atoms with Crippen LogP contribution in [-0.2, 0) is 4.79 Å². The molecule has 2 aliphatic rings. The molecule has 3 atom stereocenters. The number of nitrogens with one attached hydrogen (secondary N) is 1. The Balaban J connectivity index is 1.51. The van der Waals surface area contributed by atoms with Gasteiger partial charge < -0.3 is 19.5 Å². The molecule has 0 fully saturated rings. The topological polar surface area (TPSA) is 56.8 Å². The van der Waals surface area contributed by atoms with Crippen molar-refractivity contribution in [3.05, 3.63) is 54.1 Å². The zero-order valence-electron chi connectivity index (χ0n) is 13.4. The van der Waals surface area contributed by atoms with Gasteiger partial charge in [-0.3, -0.25) is 4.79 Å². The third kappa shape index (κ3) is 2.66. The second-order valence-electron chi connectivity index (χ2n) is 6.04. The monoisotopic (exact) mass is 325 g/mol. The van der Waals surface area contributed by atoms with E-state index in [0.29, 0.717) is 18.1 Å². The summed E-state index contributed by atoms with van der Waals surface area (Å²) in [6.45, 7) is 2.43. The molecule has 0 aliphatic carbocycles. The van der Waals surface area contributed by atoms with Gasteiger partial charge in [0.2, 0.25) is 6.10 Å². The summed E-state index contributed by atoms with van der Waals surface area (Å²) in [5, 5.41) is 3.08. The zero-order valence-corrected chi connectivity index (χ0v) is 13.4. The second-order valence-corrected chi connectivity index (χ2v) is 6.04. The van der Waals surface area contributed by atoms with Crippen molar-refractivity contribution in [1.82, 2.24) is 5.32 Å². The number of carbonyl (C=O) groups excluding carboxylic acids is 1. The Bertz CT molecular complexity index is 761. The van der Waals surface area contributed by atoms with E-state index >= 15 is 0 Å². The lowest BCUT2D eigenvalue weighted by molar-refractivity contribution is -0.134. The molecule has 0 radical (unpaired) electrons. The minimum atomic E-state index is -0.671. The molecule has 0 bridgehead atoms. The molecule has 2 aliphatic heterocycles. The number of fused-ring (bicyclic) bond motifs is 2. The predicted molar refractivity (Wildman–Crippen MR) is 88.4 cm³/mol. The predicted octanol–water partition coefficient (Wildman–Crippen LogP) is 2.85. The van der Waals surface area contributed by atoms with Gasteiger partial charge in [-0.1, -0.05) is 30.3 Å². The fraction of sp³-hybridized carbons (Fsp3) is 0.316. The van der Waals surface area contributed by atoms with Crippen LogP contribution in [0, 0.1) is 0 Å². The molecule has 4 rings (SSSR count). The Labute approximate surface area is 140 Å². The quantitative estimate of drug-likeness (QED) is 0.922. The van der Waals surface area contributed by atoms with Gasteiger partial charge in [0.25, 0.3) is 5.91 Å². The van der Waals surface area contributed by atoms with Gasteiger partial charge in [-0.15, -0.1) is 0 Å². The Morgan fingerprint density at radius 1 is 1.00 bits per heavy atom. The highest BCUT2D eigenvalue weighted by Gasteiger charge is 2.35. The number of para-hydroxylation sites is 3. The smallest absolute Gasteiger partial charge is 0.265 e. The largest absolute Gasteiger partial charge is 0.493 e. The van der Waals surface area contributed by atoms with Crippen molar-refractivity contribution < 1.29 is 19.0 Å². The maximum Gasteiger partial charge on any atom is 0.265 e. The van der Waals surface area contributed by atoms with Crippen LogP contribution >= 0.6 is 0 Å². The Hall–Kier alpha value is -2.69. The molecule has 0 saturated carbocycles. The molecule has 1 N–H and O–H groups in total. The summed E-state index contributed by atoms with van der Waals surface area (Å²) in [5.41, 5.74) is 1.00. The van der Waals surface area contributed by atoms with Gasteiger partial charge >= 0.3 is 0 Å². The standard InChI is InChI=1S/C19H19NO4/c1-12-18(24-17-9-5-4-8-16(17)23-12)19(21)20-14-10-11-22-15-7-3-2-6-13(14)15/h2-9,12,14,18H,10-11H2,1H3,(H,20,21)/t12-,14-,18-/m0/s1. The van der Waals surface area contributed by atoms with Crippen LogP contribution in [0.4, 0.5) is 0 Å². The second kappa shape index (κ2) is 6.07. The van der Waals surface area contributed by atoms with Gasteiger partial charge in [0.1, 0.15) is 11.9 Å². The highest BCUT2D eigenvalue weighted by molar-refractivity contribution is 5.83. The summed E-state index contributed by atoms with van der Waals surface area (Å²) in [6.07, 6.45) is -0.286. The third-order valence-electron chi connectivity index (χ3n) is 4.38. The molecule has 0 unspecified atom stereocenters. The zero-order chi connectivity index (χ0) is 16.5. The van der Waals surface area contributed by atoms with Gasteiger partial charge in [0, 0.05) is 12.0 Å². The highest BCUT2D eigenvalue weighted by atomic mass is 16.6. The van der Waals surface area contributed by atoms with E-state index in [1.807, 2.05) is 55.5 Å². The van der Waals surface area contributed by atoms with Crippen LogP contribution in [0.25, 0.3) is 0 Å². The van der Waals surface area contributed by atoms with Crippen molar-refractivity contribution in [1.29, 1.82) is 0 Å². The lowest BCUT2D eigenvalue weighted by Gasteiger charge is -2.33. The molecule has 2 aromatic rings. The third-order valence-corrected chi connectivity index (χ3v) is 4.38. The van der Waals surface area contributed by atoms with Crippen LogP contribution < -0.4 is 19.5 Å². The Kier molecular flexibility index (Phi) is 3.76. The van der Waals surface area contributed by atoms with Crippen molar-refractivity contribution in [3.63, 3.8) is 0 Å². The van der Waals surface area contributed by atoms with Crippen molar-refractivity contribution in [2.24, 2.45) is 0 Å². The molecule has 2 heterocycles. The number of ether oxygens (including phenoxy) is 3. The fourth-order valence-electron chi connectivity index (χ4n) is 3.15. The molecule has 5 heteroatoms. The minimum absolute atomic E-state index is 0.0737. The minimum Gasteiger partial charge on any atom is -0.493 e. The van der Waals surface area contributed by atoms with Crippen LogP contribution in [0.15, 0.2) is 48.5 Å². The summed E-state index contributed by atoms with van der Waals surface area (Å²) in [6, 6.07) is 15.1. The van der Waals surface area contributed by atoms with Gasteiger partial charge in [0.15, 0.2) is 11.5 Å².